The van der Waals surface area contributed by atoms with Gasteiger partial charge in [0.05, 0.1) is 0 Å². The first-order valence-electron chi connectivity index (χ1n) is 5.62. The van der Waals surface area contributed by atoms with E-state index in [0.29, 0.717) is 5.69 Å². The molecule has 0 aliphatic heterocycles. The molecule has 4 nitrogen and oxygen atoms in total. The summed E-state index contributed by atoms with van der Waals surface area (Å²) in [6.07, 6.45) is -0.709. The molecule has 1 aromatic carbocycles. The van der Waals surface area contributed by atoms with Gasteiger partial charge < -0.3 is 15.8 Å². The Morgan fingerprint density at radius 3 is 2.29 bits per heavy atom. The van der Waals surface area contributed by atoms with Crippen LogP contribution in [-0.2, 0) is 4.74 Å². The topological polar surface area (TPSA) is 64.3 Å². The monoisotopic (exact) mass is 236 g/mol. The van der Waals surface area contributed by atoms with Crippen LogP contribution in [0.3, 0.4) is 0 Å². The smallest absolute Gasteiger partial charge is 0.408 e. The SMILES string of the molecule is CC(OC(=O)NC(C)(C)C)c1ccc(N)cc1. The fourth-order valence-electron chi connectivity index (χ4n) is 1.33. The quantitative estimate of drug-likeness (QED) is 0.776. The van der Waals surface area contributed by atoms with Gasteiger partial charge in [0, 0.05) is 11.2 Å². The van der Waals surface area contributed by atoms with Crippen molar-refractivity contribution in [3.05, 3.63) is 29.8 Å². The van der Waals surface area contributed by atoms with Gasteiger partial charge in [0.25, 0.3) is 0 Å². The number of nitrogen functional groups attached to an aromatic ring is 1. The van der Waals surface area contributed by atoms with Crippen molar-refractivity contribution in [2.75, 3.05) is 5.73 Å². The summed E-state index contributed by atoms with van der Waals surface area (Å²) in [5, 5.41) is 2.75. The molecule has 0 spiro atoms. The molecule has 17 heavy (non-hydrogen) atoms. The maximum Gasteiger partial charge on any atom is 0.408 e. The van der Waals surface area contributed by atoms with Gasteiger partial charge in [-0.05, 0) is 45.4 Å². The van der Waals surface area contributed by atoms with Crippen molar-refractivity contribution in [1.29, 1.82) is 0 Å². The minimum Gasteiger partial charge on any atom is -0.442 e. The van der Waals surface area contributed by atoms with E-state index in [1.807, 2.05) is 39.8 Å². The number of carbonyl (C=O) groups excluding carboxylic acids is 1. The lowest BCUT2D eigenvalue weighted by Crippen LogP contribution is -2.41. The van der Waals surface area contributed by atoms with Crippen molar-refractivity contribution < 1.29 is 9.53 Å². The largest absolute Gasteiger partial charge is 0.442 e. The second kappa shape index (κ2) is 5.08. The van der Waals surface area contributed by atoms with E-state index < -0.39 is 6.09 Å². The molecule has 1 rings (SSSR count). The third-order valence-electron chi connectivity index (χ3n) is 2.17. The van der Waals surface area contributed by atoms with Crippen molar-refractivity contribution in [1.82, 2.24) is 5.32 Å². The molecule has 0 fully saturated rings. The molecule has 4 heteroatoms. The molecular weight excluding hydrogens is 216 g/mol. The number of benzene rings is 1. The molecule has 0 radical (unpaired) electrons. The molecule has 3 N–H and O–H groups in total. The molecule has 0 bridgehead atoms. The van der Waals surface area contributed by atoms with Gasteiger partial charge >= 0.3 is 6.09 Å². The molecule has 0 aliphatic rings. The number of carbonyl (C=O) groups is 1. The lowest BCUT2D eigenvalue weighted by atomic mass is 10.1. The van der Waals surface area contributed by atoms with E-state index in [9.17, 15) is 4.79 Å². The molecule has 0 aliphatic carbocycles. The lowest BCUT2D eigenvalue weighted by molar-refractivity contribution is 0.100. The van der Waals surface area contributed by atoms with E-state index in [1.165, 1.54) is 0 Å². The molecule has 1 atom stereocenters. The molecular formula is C13H20N2O2. The highest BCUT2D eigenvalue weighted by Gasteiger charge is 2.17. The van der Waals surface area contributed by atoms with Crippen molar-refractivity contribution in [3.8, 4) is 0 Å². The molecule has 94 valence electrons. The average molecular weight is 236 g/mol. The third-order valence-corrected chi connectivity index (χ3v) is 2.17. The molecule has 0 heterocycles. The zero-order valence-electron chi connectivity index (χ0n) is 10.8. The van der Waals surface area contributed by atoms with Crippen LogP contribution in [0.5, 0.6) is 0 Å². The number of ether oxygens (including phenoxy) is 1. The van der Waals surface area contributed by atoms with Crippen molar-refractivity contribution in [3.63, 3.8) is 0 Å². The molecule has 0 saturated heterocycles. The summed E-state index contributed by atoms with van der Waals surface area (Å²) in [6, 6.07) is 7.28. The first-order chi connectivity index (χ1) is 7.78. The van der Waals surface area contributed by atoms with E-state index in [1.54, 1.807) is 12.1 Å². The number of nitrogens with two attached hydrogens (primary N) is 1. The first kappa shape index (κ1) is 13.4. The zero-order valence-corrected chi connectivity index (χ0v) is 10.8. The highest BCUT2D eigenvalue weighted by molar-refractivity contribution is 5.68. The Bertz CT molecular complexity index is 379. The number of hydrogen-bond acceptors (Lipinski definition) is 3. The van der Waals surface area contributed by atoms with E-state index >= 15 is 0 Å². The standard InChI is InChI=1S/C13H20N2O2/c1-9(10-5-7-11(14)8-6-10)17-12(16)15-13(2,3)4/h5-9H,14H2,1-4H3,(H,15,16). The molecule has 1 unspecified atom stereocenters. The number of anilines is 1. The zero-order chi connectivity index (χ0) is 13.1. The summed E-state index contributed by atoms with van der Waals surface area (Å²) in [4.78, 5) is 11.6. The van der Waals surface area contributed by atoms with Crippen LogP contribution < -0.4 is 11.1 Å². The van der Waals surface area contributed by atoms with Gasteiger partial charge in [-0.1, -0.05) is 12.1 Å². The predicted octanol–water partition coefficient (Wildman–Crippen LogP) is 2.85. The summed E-state index contributed by atoms with van der Waals surface area (Å²) >= 11 is 0. The number of nitrogens with one attached hydrogen (secondary N) is 1. The Morgan fingerprint density at radius 1 is 1.29 bits per heavy atom. The van der Waals surface area contributed by atoms with Crippen LogP contribution in [0.15, 0.2) is 24.3 Å². The van der Waals surface area contributed by atoms with Crippen LogP contribution in [-0.4, -0.2) is 11.6 Å². The summed E-state index contributed by atoms with van der Waals surface area (Å²) in [5.74, 6) is 0. The Labute approximate surface area is 102 Å². The van der Waals surface area contributed by atoms with Gasteiger partial charge in [0.15, 0.2) is 0 Å². The van der Waals surface area contributed by atoms with Crippen LogP contribution >= 0.6 is 0 Å². The minimum atomic E-state index is -0.415. The molecule has 0 aromatic heterocycles. The van der Waals surface area contributed by atoms with E-state index in [-0.39, 0.29) is 11.6 Å². The normalized spacial score (nSPS) is 12.9. The Morgan fingerprint density at radius 2 is 1.82 bits per heavy atom. The number of hydrogen-bond donors (Lipinski definition) is 2. The summed E-state index contributed by atoms with van der Waals surface area (Å²) in [6.45, 7) is 7.54. The van der Waals surface area contributed by atoms with Gasteiger partial charge in [0.1, 0.15) is 6.10 Å². The van der Waals surface area contributed by atoms with E-state index in [4.69, 9.17) is 10.5 Å². The molecule has 1 aromatic rings. The van der Waals surface area contributed by atoms with Gasteiger partial charge in [-0.2, -0.15) is 0 Å². The van der Waals surface area contributed by atoms with Crippen LogP contribution in [0, 0.1) is 0 Å². The lowest BCUT2D eigenvalue weighted by Gasteiger charge is -2.22. The van der Waals surface area contributed by atoms with Gasteiger partial charge in [0.2, 0.25) is 0 Å². The van der Waals surface area contributed by atoms with Gasteiger partial charge in [-0.25, -0.2) is 4.79 Å². The summed E-state index contributed by atoms with van der Waals surface area (Å²) in [5.41, 5.74) is 6.91. The number of rotatable bonds is 2. The van der Waals surface area contributed by atoms with Gasteiger partial charge in [-0.15, -0.1) is 0 Å². The summed E-state index contributed by atoms with van der Waals surface area (Å²) in [7, 11) is 0. The fourth-order valence-corrected chi connectivity index (χ4v) is 1.33. The van der Waals surface area contributed by atoms with Crippen LogP contribution in [0.1, 0.15) is 39.4 Å². The van der Waals surface area contributed by atoms with Gasteiger partial charge in [-0.3, -0.25) is 0 Å². The maximum absolute atomic E-state index is 11.6. The number of alkyl carbamates (subject to hydrolysis) is 1. The van der Waals surface area contributed by atoms with Crippen molar-refractivity contribution in [2.24, 2.45) is 0 Å². The second-order valence-electron chi connectivity index (χ2n) is 5.09. The van der Waals surface area contributed by atoms with Crippen molar-refractivity contribution >= 4 is 11.8 Å². The predicted molar refractivity (Wildman–Crippen MR) is 68.6 cm³/mol. The average Bonchev–Trinajstić information content (AvgIpc) is 2.15. The fraction of sp³-hybridized carbons (Fsp3) is 0.462. The highest BCUT2D eigenvalue weighted by Crippen LogP contribution is 2.18. The number of amides is 1. The minimum absolute atomic E-state index is 0.294. The highest BCUT2D eigenvalue weighted by atomic mass is 16.6. The Kier molecular flexibility index (Phi) is 3.99. The molecule has 1 amide bonds. The first-order valence-corrected chi connectivity index (χ1v) is 5.62. The second-order valence-corrected chi connectivity index (χ2v) is 5.09. The van der Waals surface area contributed by atoms with Crippen LogP contribution in [0.4, 0.5) is 10.5 Å². The van der Waals surface area contributed by atoms with E-state index in [2.05, 4.69) is 5.32 Å². The summed E-state index contributed by atoms with van der Waals surface area (Å²) < 4.78 is 5.26. The third kappa shape index (κ3) is 4.76. The van der Waals surface area contributed by atoms with Crippen LogP contribution in [0.25, 0.3) is 0 Å². The molecule has 0 saturated carbocycles. The van der Waals surface area contributed by atoms with Crippen LogP contribution in [0.2, 0.25) is 0 Å². The Hall–Kier alpha value is -1.71. The van der Waals surface area contributed by atoms with E-state index in [0.717, 1.165) is 5.56 Å². The van der Waals surface area contributed by atoms with Crippen molar-refractivity contribution in [2.45, 2.75) is 39.3 Å². The maximum atomic E-state index is 11.6. The Balaban J connectivity index is 2.57.